The molecule has 1 saturated heterocycles. The van der Waals surface area contributed by atoms with Crippen LogP contribution < -0.4 is 10.6 Å². The minimum Gasteiger partial charge on any atom is -0.356 e. The summed E-state index contributed by atoms with van der Waals surface area (Å²) >= 11 is 7.37. The van der Waals surface area contributed by atoms with E-state index in [1.165, 1.54) is 11.3 Å². The van der Waals surface area contributed by atoms with E-state index in [1.54, 1.807) is 29.2 Å². The highest BCUT2D eigenvalue weighted by atomic mass is 35.5. The van der Waals surface area contributed by atoms with Gasteiger partial charge in [-0.15, -0.1) is 11.3 Å². The van der Waals surface area contributed by atoms with E-state index in [0.29, 0.717) is 46.4 Å². The Morgan fingerprint density at radius 2 is 1.88 bits per heavy atom. The second-order valence-electron chi connectivity index (χ2n) is 8.12. The van der Waals surface area contributed by atoms with Crippen molar-refractivity contribution in [2.75, 3.05) is 25.0 Å². The molecule has 0 aliphatic carbocycles. The number of aryl methyl sites for hydroxylation is 1. The monoisotopic (exact) mass is 475 g/mol. The number of piperidine rings is 1. The van der Waals surface area contributed by atoms with Crippen molar-refractivity contribution in [2.24, 2.45) is 5.92 Å². The van der Waals surface area contributed by atoms with Crippen LogP contribution in [0.4, 0.5) is 5.00 Å². The summed E-state index contributed by atoms with van der Waals surface area (Å²) in [5.41, 5.74) is 1.22. The molecular formula is C24H30ClN3O3S. The molecule has 8 heteroatoms. The van der Waals surface area contributed by atoms with Crippen LogP contribution >= 0.6 is 22.9 Å². The zero-order valence-electron chi connectivity index (χ0n) is 18.6. The second kappa shape index (κ2) is 11.5. The SMILES string of the molecule is CCCCCNC(=O)C1CCN(C(=O)c2sc(NC(=O)c3ccccc3Cl)cc2C)CC1. The Kier molecular flexibility index (Phi) is 8.70. The topological polar surface area (TPSA) is 78.5 Å². The molecule has 1 aromatic heterocycles. The molecule has 2 N–H and O–H groups in total. The van der Waals surface area contributed by atoms with Gasteiger partial charge in [0, 0.05) is 25.6 Å². The lowest BCUT2D eigenvalue weighted by atomic mass is 9.95. The second-order valence-corrected chi connectivity index (χ2v) is 9.58. The van der Waals surface area contributed by atoms with Gasteiger partial charge >= 0.3 is 0 Å². The maximum Gasteiger partial charge on any atom is 0.264 e. The van der Waals surface area contributed by atoms with Gasteiger partial charge in [-0.05, 0) is 49.9 Å². The fourth-order valence-corrected chi connectivity index (χ4v) is 5.06. The smallest absolute Gasteiger partial charge is 0.264 e. The minimum absolute atomic E-state index is 0.0319. The molecule has 0 atom stereocenters. The molecule has 0 unspecified atom stereocenters. The lowest BCUT2D eigenvalue weighted by Gasteiger charge is -2.31. The quantitative estimate of drug-likeness (QED) is 0.520. The van der Waals surface area contributed by atoms with Gasteiger partial charge in [-0.2, -0.15) is 0 Å². The van der Waals surface area contributed by atoms with Gasteiger partial charge in [0.1, 0.15) is 0 Å². The van der Waals surface area contributed by atoms with Crippen LogP contribution in [0.25, 0.3) is 0 Å². The predicted octanol–water partition coefficient (Wildman–Crippen LogP) is 5.12. The number of benzene rings is 1. The summed E-state index contributed by atoms with van der Waals surface area (Å²) < 4.78 is 0. The number of rotatable bonds is 8. The normalized spacial score (nSPS) is 14.3. The fraction of sp³-hybridized carbons (Fsp3) is 0.458. The number of likely N-dealkylation sites (tertiary alicyclic amines) is 1. The minimum atomic E-state index is -0.304. The first kappa shape index (κ1) is 24.3. The highest BCUT2D eigenvalue weighted by molar-refractivity contribution is 7.18. The standard InChI is InChI=1S/C24H30ClN3O3S/c1-3-4-7-12-26-22(29)17-10-13-28(14-11-17)24(31)21-16(2)15-20(32-21)27-23(30)18-8-5-6-9-19(18)25/h5-6,8-9,15,17H,3-4,7,10-14H2,1-2H3,(H,26,29)(H,27,30). The first-order valence-corrected chi connectivity index (χ1v) is 12.3. The van der Waals surface area contributed by atoms with Crippen LogP contribution in [0.5, 0.6) is 0 Å². The molecule has 0 saturated carbocycles. The van der Waals surface area contributed by atoms with E-state index < -0.39 is 0 Å². The molecule has 0 bridgehead atoms. The van der Waals surface area contributed by atoms with Crippen LogP contribution in [0.15, 0.2) is 30.3 Å². The Labute approximate surface area is 198 Å². The molecule has 3 rings (SSSR count). The van der Waals surface area contributed by atoms with Crippen LogP contribution in [0, 0.1) is 12.8 Å². The number of anilines is 1. The van der Waals surface area contributed by atoms with Gasteiger partial charge in [-0.3, -0.25) is 14.4 Å². The van der Waals surface area contributed by atoms with Gasteiger partial charge in [0.15, 0.2) is 0 Å². The van der Waals surface area contributed by atoms with Crippen LogP contribution in [0.2, 0.25) is 5.02 Å². The van der Waals surface area contributed by atoms with Crippen molar-refractivity contribution < 1.29 is 14.4 Å². The summed E-state index contributed by atoms with van der Waals surface area (Å²) in [4.78, 5) is 40.3. The number of thiophene rings is 1. The van der Waals surface area contributed by atoms with E-state index in [2.05, 4.69) is 17.6 Å². The highest BCUT2D eigenvalue weighted by Gasteiger charge is 2.29. The maximum absolute atomic E-state index is 13.1. The van der Waals surface area contributed by atoms with Gasteiger partial charge in [0.2, 0.25) is 5.91 Å². The third kappa shape index (κ3) is 6.11. The largest absolute Gasteiger partial charge is 0.356 e. The predicted molar refractivity (Wildman–Crippen MR) is 130 cm³/mol. The van der Waals surface area contributed by atoms with Crippen LogP contribution in [0.3, 0.4) is 0 Å². The summed E-state index contributed by atoms with van der Waals surface area (Å²) in [7, 11) is 0. The van der Waals surface area contributed by atoms with Crippen molar-refractivity contribution >= 4 is 45.7 Å². The van der Waals surface area contributed by atoms with Crippen molar-refractivity contribution in [1.82, 2.24) is 10.2 Å². The Balaban J connectivity index is 1.55. The summed E-state index contributed by atoms with van der Waals surface area (Å²) in [6, 6.07) is 8.66. The van der Waals surface area contributed by atoms with Gasteiger partial charge in [-0.25, -0.2) is 0 Å². The lowest BCUT2D eigenvalue weighted by molar-refractivity contribution is -0.126. The number of hydrogen-bond acceptors (Lipinski definition) is 4. The number of hydrogen-bond donors (Lipinski definition) is 2. The Morgan fingerprint density at radius 1 is 1.16 bits per heavy atom. The van der Waals surface area contributed by atoms with Gasteiger partial charge in [-0.1, -0.05) is 43.5 Å². The van der Waals surface area contributed by atoms with Crippen molar-refractivity contribution in [3.8, 4) is 0 Å². The van der Waals surface area contributed by atoms with E-state index in [0.717, 1.165) is 31.4 Å². The Bertz CT molecular complexity index is 967. The van der Waals surface area contributed by atoms with E-state index in [-0.39, 0.29) is 23.6 Å². The molecule has 6 nitrogen and oxygen atoms in total. The van der Waals surface area contributed by atoms with Crippen molar-refractivity contribution in [3.05, 3.63) is 51.4 Å². The average Bonchev–Trinajstić information content (AvgIpc) is 3.16. The number of amides is 3. The zero-order chi connectivity index (χ0) is 23.1. The number of carbonyl (C=O) groups is 3. The molecule has 1 fully saturated rings. The van der Waals surface area contributed by atoms with Crippen LogP contribution in [0.1, 0.15) is 64.6 Å². The molecule has 0 spiro atoms. The Hall–Kier alpha value is -2.38. The molecule has 0 radical (unpaired) electrons. The Morgan fingerprint density at radius 3 is 2.56 bits per heavy atom. The molecule has 1 aliphatic heterocycles. The van der Waals surface area contributed by atoms with E-state index in [1.807, 2.05) is 13.0 Å². The number of nitrogens with zero attached hydrogens (tertiary/aromatic N) is 1. The van der Waals surface area contributed by atoms with Crippen LogP contribution in [-0.4, -0.2) is 42.3 Å². The van der Waals surface area contributed by atoms with E-state index in [9.17, 15) is 14.4 Å². The first-order valence-electron chi connectivity index (χ1n) is 11.1. The molecule has 1 aromatic carbocycles. The molecule has 32 heavy (non-hydrogen) atoms. The van der Waals surface area contributed by atoms with Crippen LogP contribution in [-0.2, 0) is 4.79 Å². The summed E-state index contributed by atoms with van der Waals surface area (Å²) in [6.45, 7) is 5.85. The maximum atomic E-state index is 13.1. The molecule has 2 aromatic rings. The van der Waals surface area contributed by atoms with E-state index in [4.69, 9.17) is 11.6 Å². The third-order valence-electron chi connectivity index (χ3n) is 5.70. The molecular weight excluding hydrogens is 446 g/mol. The van der Waals surface area contributed by atoms with Gasteiger partial charge in [0.05, 0.1) is 20.5 Å². The molecule has 172 valence electrons. The number of carbonyl (C=O) groups excluding carboxylic acids is 3. The molecule has 1 aliphatic rings. The molecule has 3 amide bonds. The van der Waals surface area contributed by atoms with Gasteiger partial charge < -0.3 is 15.5 Å². The average molecular weight is 476 g/mol. The third-order valence-corrected chi connectivity index (χ3v) is 7.17. The summed E-state index contributed by atoms with van der Waals surface area (Å²) in [5, 5.41) is 6.85. The summed E-state index contributed by atoms with van der Waals surface area (Å²) in [6.07, 6.45) is 4.60. The fourth-order valence-electron chi connectivity index (χ4n) is 3.80. The van der Waals surface area contributed by atoms with Crippen molar-refractivity contribution in [3.63, 3.8) is 0 Å². The number of nitrogens with one attached hydrogen (secondary N) is 2. The van der Waals surface area contributed by atoms with Gasteiger partial charge in [0.25, 0.3) is 11.8 Å². The first-order chi connectivity index (χ1) is 15.4. The van der Waals surface area contributed by atoms with Crippen molar-refractivity contribution in [2.45, 2.75) is 46.0 Å². The zero-order valence-corrected chi connectivity index (χ0v) is 20.2. The highest BCUT2D eigenvalue weighted by Crippen LogP contribution is 2.30. The molecule has 2 heterocycles. The lowest BCUT2D eigenvalue weighted by Crippen LogP contribution is -2.43. The van der Waals surface area contributed by atoms with E-state index >= 15 is 0 Å². The summed E-state index contributed by atoms with van der Waals surface area (Å²) in [5.74, 6) is -0.283. The van der Waals surface area contributed by atoms with Crippen molar-refractivity contribution in [1.29, 1.82) is 0 Å². The number of halogens is 1. The number of unbranched alkanes of at least 4 members (excludes halogenated alkanes) is 2.